The number of carbonyl (C=O) groups is 1. The molecule has 0 atom stereocenters. The molecule has 2 aromatic carbocycles. The van der Waals surface area contributed by atoms with Gasteiger partial charge in [-0.25, -0.2) is 0 Å². The van der Waals surface area contributed by atoms with Crippen LogP contribution < -0.4 is 10.4 Å². The zero-order valence-electron chi connectivity index (χ0n) is 17.3. The van der Waals surface area contributed by atoms with Crippen LogP contribution in [0.4, 0.5) is 5.69 Å². The molecule has 0 spiro atoms. The Balaban J connectivity index is 1.69. The van der Waals surface area contributed by atoms with E-state index in [-0.39, 0.29) is 5.92 Å². The molecule has 0 heterocycles. The number of hydrogen-bond acceptors (Lipinski definition) is 3. The first-order valence-electron chi connectivity index (χ1n) is 10.5. The highest BCUT2D eigenvalue weighted by Crippen LogP contribution is 2.30. The van der Waals surface area contributed by atoms with Crippen molar-refractivity contribution in [3.05, 3.63) is 64.1 Å². The quantitative estimate of drug-likeness (QED) is 0.570. The van der Waals surface area contributed by atoms with Crippen molar-refractivity contribution in [1.29, 1.82) is 0 Å². The van der Waals surface area contributed by atoms with Crippen LogP contribution in [0.15, 0.2) is 53.0 Å². The van der Waals surface area contributed by atoms with Gasteiger partial charge in [0.2, 0.25) is 0 Å². The van der Waals surface area contributed by atoms with Crippen LogP contribution in [0.5, 0.6) is 0 Å². The van der Waals surface area contributed by atoms with Gasteiger partial charge in [-0.05, 0) is 91.6 Å². The van der Waals surface area contributed by atoms with Gasteiger partial charge in [-0.2, -0.15) is 0 Å². The van der Waals surface area contributed by atoms with Crippen LogP contribution in [0.1, 0.15) is 43.7 Å². The van der Waals surface area contributed by atoms with Gasteiger partial charge < -0.3 is 20.1 Å². The molecule has 6 heteroatoms. The Labute approximate surface area is 192 Å². The first kappa shape index (κ1) is 22.8. The number of rotatable bonds is 7. The van der Waals surface area contributed by atoms with Crippen LogP contribution in [-0.4, -0.2) is 22.5 Å². The third kappa shape index (κ3) is 6.54. The van der Waals surface area contributed by atoms with Crippen LogP contribution in [-0.2, 0) is 17.8 Å². The first-order valence-corrected chi connectivity index (χ1v) is 11.7. The number of thiocarbonyl (C=S) groups is 1. The summed E-state index contributed by atoms with van der Waals surface area (Å²) in [5.74, 6) is -0.788. The van der Waals surface area contributed by atoms with Crippen molar-refractivity contribution in [2.24, 2.45) is 11.8 Å². The number of carboxylic acids is 1. The summed E-state index contributed by atoms with van der Waals surface area (Å²) in [6, 6.07) is 16.6. The molecule has 0 aliphatic heterocycles. The molecular formula is C24H28BrN2O2S-. The zero-order valence-corrected chi connectivity index (χ0v) is 19.7. The Morgan fingerprint density at radius 3 is 2.43 bits per heavy atom. The number of benzene rings is 2. The van der Waals surface area contributed by atoms with E-state index in [0.29, 0.717) is 30.4 Å². The molecule has 0 amide bonds. The largest absolute Gasteiger partial charge is 0.550 e. The lowest BCUT2D eigenvalue weighted by molar-refractivity contribution is -0.312. The van der Waals surface area contributed by atoms with E-state index in [1.807, 2.05) is 12.1 Å². The van der Waals surface area contributed by atoms with Crippen molar-refractivity contribution in [2.75, 3.05) is 11.9 Å². The molecule has 0 bridgehead atoms. The summed E-state index contributed by atoms with van der Waals surface area (Å²) >= 11 is 9.33. The predicted molar refractivity (Wildman–Crippen MR) is 127 cm³/mol. The van der Waals surface area contributed by atoms with E-state index < -0.39 is 5.97 Å². The van der Waals surface area contributed by atoms with Crippen molar-refractivity contribution < 1.29 is 9.90 Å². The number of nitrogens with one attached hydrogen (secondary N) is 1. The standard InChI is InChI=1S/C24H29BrN2O2S/c1-2-17-8-12-22(13-9-17)26-24(30)27(16-19-4-3-5-21(25)14-19)15-18-6-10-20(11-7-18)23(28)29/h3-5,8-9,12-14,18,20H,2,6-7,10-11,15-16H2,1H3,(H,26,30)(H,28,29)/p-1. The number of nitrogens with zero attached hydrogens (tertiary/aromatic N) is 1. The van der Waals surface area contributed by atoms with E-state index in [1.165, 1.54) is 11.1 Å². The Hall–Kier alpha value is -1.92. The number of aliphatic carboxylic acids is 1. The number of anilines is 1. The predicted octanol–water partition coefficient (Wildman–Crippen LogP) is 4.77. The minimum Gasteiger partial charge on any atom is -0.550 e. The molecule has 1 aliphatic carbocycles. The van der Waals surface area contributed by atoms with Crippen LogP contribution >= 0.6 is 28.1 Å². The van der Waals surface area contributed by atoms with E-state index in [4.69, 9.17) is 12.2 Å². The Bertz CT molecular complexity index is 864. The molecule has 2 aromatic rings. The van der Waals surface area contributed by atoms with Crippen LogP contribution in [0.3, 0.4) is 0 Å². The van der Waals surface area contributed by atoms with Gasteiger partial charge in [-0.15, -0.1) is 0 Å². The maximum Gasteiger partial charge on any atom is 0.173 e. The van der Waals surface area contributed by atoms with Gasteiger partial charge in [0.25, 0.3) is 0 Å². The molecule has 0 unspecified atom stereocenters. The topological polar surface area (TPSA) is 55.4 Å². The molecule has 160 valence electrons. The molecular weight excluding hydrogens is 460 g/mol. The number of hydrogen-bond donors (Lipinski definition) is 1. The summed E-state index contributed by atoms with van der Waals surface area (Å²) in [5, 5.41) is 15.2. The molecule has 0 radical (unpaired) electrons. The second kappa shape index (κ2) is 10.9. The van der Waals surface area contributed by atoms with Gasteiger partial charge in [-0.3, -0.25) is 0 Å². The molecule has 0 saturated heterocycles. The fourth-order valence-corrected chi connectivity index (χ4v) is 4.70. The molecule has 0 aromatic heterocycles. The highest BCUT2D eigenvalue weighted by Gasteiger charge is 2.24. The lowest BCUT2D eigenvalue weighted by atomic mass is 9.82. The molecule has 1 N–H and O–H groups in total. The van der Waals surface area contributed by atoms with Gasteiger partial charge in [0.1, 0.15) is 0 Å². The van der Waals surface area contributed by atoms with Crippen LogP contribution in [0.2, 0.25) is 0 Å². The van der Waals surface area contributed by atoms with Gasteiger partial charge in [0, 0.05) is 29.2 Å². The smallest absolute Gasteiger partial charge is 0.173 e. The van der Waals surface area contributed by atoms with Gasteiger partial charge in [-0.1, -0.05) is 47.1 Å². The van der Waals surface area contributed by atoms with Crippen molar-refractivity contribution >= 4 is 44.9 Å². The van der Waals surface area contributed by atoms with Crippen molar-refractivity contribution in [3.8, 4) is 0 Å². The number of aryl methyl sites for hydroxylation is 1. The third-order valence-corrected chi connectivity index (χ3v) is 6.68. The lowest BCUT2D eigenvalue weighted by Gasteiger charge is -2.34. The van der Waals surface area contributed by atoms with E-state index >= 15 is 0 Å². The maximum absolute atomic E-state index is 11.2. The lowest BCUT2D eigenvalue weighted by Crippen LogP contribution is -2.40. The van der Waals surface area contributed by atoms with Crippen LogP contribution in [0, 0.1) is 11.8 Å². The summed E-state index contributed by atoms with van der Waals surface area (Å²) in [7, 11) is 0. The molecule has 3 rings (SSSR count). The maximum atomic E-state index is 11.2. The van der Waals surface area contributed by atoms with Crippen molar-refractivity contribution in [3.63, 3.8) is 0 Å². The van der Waals surface area contributed by atoms with Gasteiger partial charge in [0.15, 0.2) is 5.11 Å². The summed E-state index contributed by atoms with van der Waals surface area (Å²) in [6.45, 7) is 3.66. The van der Waals surface area contributed by atoms with Gasteiger partial charge in [0.05, 0.1) is 0 Å². The first-order chi connectivity index (χ1) is 14.4. The van der Waals surface area contributed by atoms with E-state index in [9.17, 15) is 9.90 Å². The monoisotopic (exact) mass is 487 g/mol. The second-order valence-electron chi connectivity index (χ2n) is 8.03. The minimum absolute atomic E-state index is 0.304. The molecule has 1 aliphatic rings. The fraction of sp³-hybridized carbons (Fsp3) is 0.417. The Morgan fingerprint density at radius 2 is 1.83 bits per heavy atom. The Morgan fingerprint density at radius 1 is 1.13 bits per heavy atom. The van der Waals surface area contributed by atoms with E-state index in [2.05, 4.69) is 69.5 Å². The number of carbonyl (C=O) groups excluding carboxylic acids is 1. The molecule has 4 nitrogen and oxygen atoms in total. The highest BCUT2D eigenvalue weighted by molar-refractivity contribution is 9.10. The average Bonchev–Trinajstić information content (AvgIpc) is 2.74. The number of carboxylic acid groups (broad SMARTS) is 1. The van der Waals surface area contributed by atoms with Crippen molar-refractivity contribution in [1.82, 2.24) is 4.90 Å². The molecule has 1 saturated carbocycles. The third-order valence-electron chi connectivity index (χ3n) is 5.82. The average molecular weight is 488 g/mol. The number of halogens is 1. The summed E-state index contributed by atoms with van der Waals surface area (Å²) in [5.41, 5.74) is 3.46. The minimum atomic E-state index is -0.910. The highest BCUT2D eigenvalue weighted by atomic mass is 79.9. The van der Waals surface area contributed by atoms with Crippen LogP contribution in [0.25, 0.3) is 0 Å². The second-order valence-corrected chi connectivity index (χ2v) is 9.33. The zero-order chi connectivity index (χ0) is 21.5. The van der Waals surface area contributed by atoms with Gasteiger partial charge >= 0.3 is 0 Å². The summed E-state index contributed by atoms with van der Waals surface area (Å²) < 4.78 is 1.04. The van der Waals surface area contributed by atoms with Crippen molar-refractivity contribution in [2.45, 2.75) is 45.6 Å². The normalized spacial score (nSPS) is 18.6. The molecule has 30 heavy (non-hydrogen) atoms. The summed E-state index contributed by atoms with van der Waals surface area (Å²) in [4.78, 5) is 13.4. The Kier molecular flexibility index (Phi) is 8.28. The van der Waals surface area contributed by atoms with E-state index in [1.54, 1.807) is 0 Å². The summed E-state index contributed by atoms with van der Waals surface area (Å²) in [6.07, 6.45) is 4.17. The SMILES string of the molecule is CCc1ccc(NC(=S)N(Cc2cccc(Br)c2)CC2CCC(C(=O)[O-])CC2)cc1. The molecule has 1 fully saturated rings. The fourth-order valence-electron chi connectivity index (χ4n) is 3.99. The van der Waals surface area contributed by atoms with E-state index in [0.717, 1.165) is 36.0 Å².